The first-order valence-corrected chi connectivity index (χ1v) is 7.01. The molecule has 118 valence electrons. The van der Waals surface area contributed by atoms with E-state index in [0.29, 0.717) is 35.9 Å². The van der Waals surface area contributed by atoms with Crippen LogP contribution in [0.4, 0.5) is 0 Å². The van der Waals surface area contributed by atoms with Gasteiger partial charge in [0.1, 0.15) is 17.2 Å². The van der Waals surface area contributed by atoms with Crippen molar-refractivity contribution in [3.8, 4) is 22.8 Å². The molecule has 0 saturated heterocycles. The summed E-state index contributed by atoms with van der Waals surface area (Å²) in [4.78, 5) is 13.2. The highest BCUT2D eigenvalue weighted by molar-refractivity contribution is 5.75. The number of rotatable bonds is 6. The molecule has 0 radical (unpaired) electrons. The zero-order chi connectivity index (χ0) is 16.1. The van der Waals surface area contributed by atoms with Crippen LogP contribution in [0.3, 0.4) is 0 Å². The molecule has 0 spiro atoms. The third-order valence-corrected chi connectivity index (χ3v) is 3.36. The van der Waals surface area contributed by atoms with E-state index in [-0.39, 0.29) is 5.91 Å². The van der Waals surface area contributed by atoms with E-state index >= 15 is 0 Å². The number of aromatic nitrogens is 1. The highest BCUT2D eigenvalue weighted by Crippen LogP contribution is 2.33. The van der Waals surface area contributed by atoms with Crippen LogP contribution in [0, 0.1) is 0 Å². The molecule has 6 nitrogen and oxygen atoms in total. The van der Waals surface area contributed by atoms with E-state index in [1.807, 2.05) is 25.1 Å². The van der Waals surface area contributed by atoms with Crippen LogP contribution in [0.5, 0.6) is 11.5 Å². The molecule has 0 N–H and O–H groups in total. The van der Waals surface area contributed by atoms with Gasteiger partial charge < -0.3 is 18.9 Å². The fraction of sp³-hybridized carbons (Fsp3) is 0.375. The molecule has 1 aromatic heterocycles. The maximum absolute atomic E-state index is 11.6. The van der Waals surface area contributed by atoms with Crippen molar-refractivity contribution >= 4 is 5.91 Å². The van der Waals surface area contributed by atoms with Crippen molar-refractivity contribution in [3.63, 3.8) is 0 Å². The topological polar surface area (TPSA) is 64.8 Å². The van der Waals surface area contributed by atoms with Gasteiger partial charge in [0.05, 0.1) is 26.3 Å². The second-order valence-electron chi connectivity index (χ2n) is 4.85. The fourth-order valence-corrected chi connectivity index (χ4v) is 2.12. The fourth-order valence-electron chi connectivity index (χ4n) is 2.12. The maximum atomic E-state index is 11.6. The molecule has 2 aromatic rings. The number of benzene rings is 1. The standard InChI is InChI=1S/C16H20N2O4/c1-5-16(19)18(2)10-11-8-15(22-17-11)13-7-6-12(20-3)9-14(13)21-4/h6-9H,5,10H2,1-4H3. The van der Waals surface area contributed by atoms with E-state index in [0.717, 1.165) is 5.56 Å². The van der Waals surface area contributed by atoms with Gasteiger partial charge in [0.15, 0.2) is 5.76 Å². The number of hydrogen-bond donors (Lipinski definition) is 0. The van der Waals surface area contributed by atoms with Gasteiger partial charge >= 0.3 is 0 Å². The Morgan fingerprint density at radius 2 is 2.05 bits per heavy atom. The Bertz CT molecular complexity index is 651. The predicted molar refractivity (Wildman–Crippen MR) is 81.8 cm³/mol. The normalized spacial score (nSPS) is 10.4. The highest BCUT2D eigenvalue weighted by Gasteiger charge is 2.15. The molecule has 0 atom stereocenters. The third kappa shape index (κ3) is 3.39. The lowest BCUT2D eigenvalue weighted by molar-refractivity contribution is -0.130. The maximum Gasteiger partial charge on any atom is 0.222 e. The number of ether oxygens (including phenoxy) is 2. The SMILES string of the molecule is CCC(=O)N(C)Cc1cc(-c2ccc(OC)cc2OC)on1. The van der Waals surface area contributed by atoms with Crippen LogP contribution >= 0.6 is 0 Å². The van der Waals surface area contributed by atoms with E-state index in [4.69, 9.17) is 14.0 Å². The Hall–Kier alpha value is -2.50. The van der Waals surface area contributed by atoms with Crippen molar-refractivity contribution in [2.75, 3.05) is 21.3 Å². The average molecular weight is 304 g/mol. The van der Waals surface area contributed by atoms with Crippen molar-refractivity contribution in [2.24, 2.45) is 0 Å². The first-order valence-electron chi connectivity index (χ1n) is 7.01. The lowest BCUT2D eigenvalue weighted by Gasteiger charge is -2.13. The van der Waals surface area contributed by atoms with Crippen molar-refractivity contribution in [1.29, 1.82) is 0 Å². The average Bonchev–Trinajstić information content (AvgIpc) is 3.01. The Balaban J connectivity index is 2.23. The van der Waals surface area contributed by atoms with Crippen LogP contribution in [0.25, 0.3) is 11.3 Å². The van der Waals surface area contributed by atoms with E-state index in [2.05, 4.69) is 5.16 Å². The summed E-state index contributed by atoms with van der Waals surface area (Å²) >= 11 is 0. The number of methoxy groups -OCH3 is 2. The monoisotopic (exact) mass is 304 g/mol. The van der Waals surface area contributed by atoms with Crippen molar-refractivity contribution in [2.45, 2.75) is 19.9 Å². The summed E-state index contributed by atoms with van der Waals surface area (Å²) < 4.78 is 15.9. The van der Waals surface area contributed by atoms with Gasteiger partial charge in [0.25, 0.3) is 0 Å². The van der Waals surface area contributed by atoms with Gasteiger partial charge in [-0.1, -0.05) is 12.1 Å². The van der Waals surface area contributed by atoms with E-state index in [9.17, 15) is 4.79 Å². The number of amides is 1. The summed E-state index contributed by atoms with van der Waals surface area (Å²) in [6.07, 6.45) is 0.466. The van der Waals surface area contributed by atoms with Gasteiger partial charge in [-0.2, -0.15) is 0 Å². The molecule has 1 aromatic carbocycles. The quantitative estimate of drug-likeness (QED) is 0.821. The molecule has 6 heteroatoms. The summed E-state index contributed by atoms with van der Waals surface area (Å²) in [6, 6.07) is 7.27. The molecular formula is C16H20N2O4. The van der Waals surface area contributed by atoms with E-state index in [1.165, 1.54) is 0 Å². The first kappa shape index (κ1) is 15.9. The second kappa shape index (κ2) is 6.98. The molecule has 0 aliphatic heterocycles. The number of hydrogen-bond acceptors (Lipinski definition) is 5. The zero-order valence-corrected chi connectivity index (χ0v) is 13.3. The van der Waals surface area contributed by atoms with E-state index < -0.39 is 0 Å². The Kier molecular flexibility index (Phi) is 5.04. The second-order valence-corrected chi connectivity index (χ2v) is 4.85. The summed E-state index contributed by atoms with van der Waals surface area (Å²) in [6.45, 7) is 2.24. The van der Waals surface area contributed by atoms with Crippen LogP contribution in [0.2, 0.25) is 0 Å². The Morgan fingerprint density at radius 1 is 1.27 bits per heavy atom. The molecule has 1 heterocycles. The minimum Gasteiger partial charge on any atom is -0.497 e. The van der Waals surface area contributed by atoms with Gasteiger partial charge in [-0.15, -0.1) is 0 Å². The lowest BCUT2D eigenvalue weighted by atomic mass is 10.1. The van der Waals surface area contributed by atoms with Gasteiger partial charge in [-0.05, 0) is 12.1 Å². The third-order valence-electron chi connectivity index (χ3n) is 3.36. The Labute approximate surface area is 129 Å². The van der Waals surface area contributed by atoms with Gasteiger partial charge in [-0.3, -0.25) is 4.79 Å². The van der Waals surface area contributed by atoms with Crippen LogP contribution in [-0.2, 0) is 11.3 Å². The molecule has 0 aliphatic carbocycles. The van der Waals surface area contributed by atoms with Crippen molar-refractivity contribution < 1.29 is 18.8 Å². The summed E-state index contributed by atoms with van der Waals surface area (Å²) in [7, 11) is 4.93. The number of nitrogens with zero attached hydrogens (tertiary/aromatic N) is 2. The van der Waals surface area contributed by atoms with Crippen LogP contribution in [0.15, 0.2) is 28.8 Å². The van der Waals surface area contributed by atoms with E-state index in [1.54, 1.807) is 32.2 Å². The van der Waals surface area contributed by atoms with Crippen LogP contribution < -0.4 is 9.47 Å². The van der Waals surface area contributed by atoms with Gasteiger partial charge in [0.2, 0.25) is 5.91 Å². The first-order chi connectivity index (χ1) is 10.6. The molecule has 0 fully saturated rings. The van der Waals surface area contributed by atoms with Crippen LogP contribution in [-0.4, -0.2) is 37.2 Å². The molecule has 0 saturated carbocycles. The number of carbonyl (C=O) groups is 1. The largest absolute Gasteiger partial charge is 0.497 e. The molecule has 1 amide bonds. The lowest BCUT2D eigenvalue weighted by Crippen LogP contribution is -2.25. The summed E-state index contributed by atoms with van der Waals surface area (Å²) in [5.74, 6) is 1.99. The van der Waals surface area contributed by atoms with Crippen LogP contribution in [0.1, 0.15) is 19.0 Å². The molecule has 22 heavy (non-hydrogen) atoms. The summed E-state index contributed by atoms with van der Waals surface area (Å²) in [5, 5.41) is 4.01. The molecular weight excluding hydrogens is 284 g/mol. The molecule has 0 bridgehead atoms. The highest BCUT2D eigenvalue weighted by atomic mass is 16.5. The van der Waals surface area contributed by atoms with Gasteiger partial charge in [-0.25, -0.2) is 0 Å². The minimum absolute atomic E-state index is 0.0616. The molecule has 0 unspecified atom stereocenters. The number of carbonyl (C=O) groups excluding carboxylic acids is 1. The smallest absolute Gasteiger partial charge is 0.222 e. The van der Waals surface area contributed by atoms with Gasteiger partial charge in [0, 0.05) is 25.6 Å². The zero-order valence-electron chi connectivity index (χ0n) is 13.3. The Morgan fingerprint density at radius 3 is 2.68 bits per heavy atom. The minimum atomic E-state index is 0.0616. The van der Waals surface area contributed by atoms with Crippen molar-refractivity contribution in [3.05, 3.63) is 30.0 Å². The van der Waals surface area contributed by atoms with Crippen molar-refractivity contribution in [1.82, 2.24) is 10.1 Å². The molecule has 0 aliphatic rings. The molecule has 2 rings (SSSR count). The summed E-state index contributed by atoms with van der Waals surface area (Å²) in [5.41, 5.74) is 1.48. The predicted octanol–water partition coefficient (Wildman–Crippen LogP) is 2.73.